The highest BCUT2D eigenvalue weighted by Crippen LogP contribution is 2.47. The number of aryl methyl sites for hydroxylation is 2. The maximum atomic E-state index is 13.0. The minimum absolute atomic E-state index is 0.0681. The van der Waals surface area contributed by atoms with E-state index in [1.807, 2.05) is 13.0 Å². The van der Waals surface area contributed by atoms with Gasteiger partial charge < -0.3 is 9.88 Å². The van der Waals surface area contributed by atoms with E-state index in [1.165, 1.54) is 17.0 Å². The molecule has 0 amide bonds. The Morgan fingerprint density at radius 2 is 1.89 bits per heavy atom. The van der Waals surface area contributed by atoms with Crippen LogP contribution < -0.4 is 5.32 Å². The molecule has 0 bridgehead atoms. The molecule has 5 rings (SSSR count). The Kier molecular flexibility index (Phi) is 3.79. The lowest BCUT2D eigenvalue weighted by Gasteiger charge is -2.32. The SMILES string of the molecule is Cc1[nH]nc2c1[C@H](c1cc(C)n(-c3ccccc3)c1C)C1=C(CCCC1=O)N2. The Balaban J connectivity index is 1.75. The van der Waals surface area contributed by atoms with E-state index in [2.05, 4.69) is 64.3 Å². The summed E-state index contributed by atoms with van der Waals surface area (Å²) in [6.07, 6.45) is 2.43. The molecule has 0 unspecified atom stereocenters. The zero-order valence-corrected chi connectivity index (χ0v) is 16.5. The number of benzene rings is 1. The van der Waals surface area contributed by atoms with Crippen molar-refractivity contribution in [3.63, 3.8) is 0 Å². The summed E-state index contributed by atoms with van der Waals surface area (Å²) < 4.78 is 2.28. The van der Waals surface area contributed by atoms with Gasteiger partial charge in [0.2, 0.25) is 0 Å². The van der Waals surface area contributed by atoms with Crippen molar-refractivity contribution in [1.29, 1.82) is 0 Å². The number of rotatable bonds is 2. The van der Waals surface area contributed by atoms with Crippen molar-refractivity contribution in [3.8, 4) is 5.69 Å². The molecule has 2 aromatic heterocycles. The average molecular weight is 372 g/mol. The molecule has 28 heavy (non-hydrogen) atoms. The molecule has 5 heteroatoms. The molecule has 3 aromatic rings. The number of nitrogens with zero attached hydrogens (tertiary/aromatic N) is 2. The fraction of sp³-hybridized carbons (Fsp3) is 0.304. The van der Waals surface area contributed by atoms with Crippen LogP contribution in [0.4, 0.5) is 5.82 Å². The lowest BCUT2D eigenvalue weighted by atomic mass is 9.76. The number of hydrogen-bond donors (Lipinski definition) is 2. The average Bonchev–Trinajstić information content (AvgIpc) is 3.20. The standard InChI is InChI=1S/C23H24N4O/c1-13-12-17(15(3)27(13)16-8-5-4-6-9-16)21-20-14(2)25-26-23(20)24-18-10-7-11-19(28)22(18)21/h4-6,8-9,12,21H,7,10-11H2,1-3H3,(H2,24,25,26)/t21-/m0/s1. The van der Waals surface area contributed by atoms with Gasteiger partial charge in [0.25, 0.3) is 0 Å². The van der Waals surface area contributed by atoms with Gasteiger partial charge in [-0.1, -0.05) is 18.2 Å². The number of para-hydroxylation sites is 1. The minimum atomic E-state index is -0.0681. The summed E-state index contributed by atoms with van der Waals surface area (Å²) in [4.78, 5) is 13.0. The highest BCUT2D eigenvalue weighted by atomic mass is 16.1. The predicted octanol–water partition coefficient (Wildman–Crippen LogP) is 4.69. The van der Waals surface area contributed by atoms with Crippen molar-refractivity contribution in [3.05, 3.63) is 75.9 Å². The molecule has 0 spiro atoms. The minimum Gasteiger partial charge on any atom is -0.342 e. The van der Waals surface area contributed by atoms with Crippen molar-refractivity contribution < 1.29 is 4.79 Å². The quantitative estimate of drug-likeness (QED) is 0.686. The number of nitrogens with one attached hydrogen (secondary N) is 2. The van der Waals surface area contributed by atoms with Gasteiger partial charge in [0.1, 0.15) is 0 Å². The smallest absolute Gasteiger partial charge is 0.161 e. The first-order valence-electron chi connectivity index (χ1n) is 9.88. The Morgan fingerprint density at radius 3 is 2.68 bits per heavy atom. The van der Waals surface area contributed by atoms with Crippen LogP contribution in [0.2, 0.25) is 0 Å². The van der Waals surface area contributed by atoms with Gasteiger partial charge in [0, 0.05) is 51.9 Å². The Hall–Kier alpha value is -3.08. The van der Waals surface area contributed by atoms with E-state index < -0.39 is 0 Å². The van der Waals surface area contributed by atoms with E-state index in [0.717, 1.165) is 46.9 Å². The molecule has 142 valence electrons. The second-order valence-electron chi connectivity index (χ2n) is 7.84. The molecule has 1 aliphatic carbocycles. The molecule has 0 radical (unpaired) electrons. The number of aromatic amines is 1. The number of Topliss-reactive ketones (excluding diaryl/α,β-unsaturated/α-hetero) is 1. The van der Waals surface area contributed by atoms with E-state index in [0.29, 0.717) is 6.42 Å². The lowest BCUT2D eigenvalue weighted by Crippen LogP contribution is -2.27. The summed E-state index contributed by atoms with van der Waals surface area (Å²) >= 11 is 0. The molecule has 0 saturated heterocycles. The highest BCUT2D eigenvalue weighted by Gasteiger charge is 2.39. The third-order valence-corrected chi connectivity index (χ3v) is 6.09. The second-order valence-corrected chi connectivity index (χ2v) is 7.84. The number of aromatic nitrogens is 3. The van der Waals surface area contributed by atoms with Crippen LogP contribution in [0.25, 0.3) is 5.69 Å². The van der Waals surface area contributed by atoms with Crippen molar-refractivity contribution >= 4 is 11.6 Å². The molecule has 0 saturated carbocycles. The summed E-state index contributed by atoms with van der Waals surface area (Å²) in [7, 11) is 0. The summed E-state index contributed by atoms with van der Waals surface area (Å²) in [5, 5.41) is 11.0. The highest BCUT2D eigenvalue weighted by molar-refractivity contribution is 6.01. The normalized spacial score (nSPS) is 18.7. The Bertz CT molecular complexity index is 1120. The van der Waals surface area contributed by atoms with E-state index >= 15 is 0 Å². The van der Waals surface area contributed by atoms with Gasteiger partial charge in [-0.2, -0.15) is 5.10 Å². The number of anilines is 1. The topological polar surface area (TPSA) is 62.7 Å². The van der Waals surface area contributed by atoms with Gasteiger partial charge in [-0.05, 0) is 57.4 Å². The van der Waals surface area contributed by atoms with Gasteiger partial charge in [-0.15, -0.1) is 0 Å². The van der Waals surface area contributed by atoms with Crippen molar-refractivity contribution in [2.45, 2.75) is 46.0 Å². The van der Waals surface area contributed by atoms with Crippen LogP contribution >= 0.6 is 0 Å². The van der Waals surface area contributed by atoms with Gasteiger partial charge in [0.05, 0.1) is 0 Å². The van der Waals surface area contributed by atoms with Gasteiger partial charge in [-0.25, -0.2) is 0 Å². The second kappa shape index (κ2) is 6.23. The van der Waals surface area contributed by atoms with E-state index in [9.17, 15) is 4.79 Å². The van der Waals surface area contributed by atoms with Crippen molar-refractivity contribution in [2.75, 3.05) is 5.32 Å². The van der Waals surface area contributed by atoms with E-state index in [1.54, 1.807) is 0 Å². The molecule has 1 atom stereocenters. The summed E-state index contributed by atoms with van der Waals surface area (Å²) in [5.41, 5.74) is 8.77. The van der Waals surface area contributed by atoms with Gasteiger partial charge in [-0.3, -0.25) is 9.89 Å². The molecule has 2 aliphatic rings. The number of allylic oxidation sites excluding steroid dienone is 2. The molecule has 0 fully saturated rings. The van der Waals surface area contributed by atoms with Gasteiger partial charge >= 0.3 is 0 Å². The fourth-order valence-electron chi connectivity index (χ4n) is 4.87. The maximum Gasteiger partial charge on any atom is 0.161 e. The maximum absolute atomic E-state index is 13.0. The van der Waals surface area contributed by atoms with Crippen LogP contribution in [-0.4, -0.2) is 20.5 Å². The van der Waals surface area contributed by atoms with Crippen LogP contribution in [-0.2, 0) is 4.79 Å². The molecule has 2 N–H and O–H groups in total. The number of hydrogen-bond acceptors (Lipinski definition) is 3. The molecular formula is C23H24N4O. The molecule has 3 heterocycles. The van der Waals surface area contributed by atoms with Crippen LogP contribution in [0, 0.1) is 20.8 Å². The van der Waals surface area contributed by atoms with Gasteiger partial charge in [0.15, 0.2) is 11.6 Å². The molecular weight excluding hydrogens is 348 g/mol. The Morgan fingerprint density at radius 1 is 1.11 bits per heavy atom. The summed E-state index contributed by atoms with van der Waals surface area (Å²) in [6, 6.07) is 12.6. The van der Waals surface area contributed by atoms with Crippen LogP contribution in [0.3, 0.4) is 0 Å². The van der Waals surface area contributed by atoms with Crippen molar-refractivity contribution in [2.24, 2.45) is 0 Å². The van der Waals surface area contributed by atoms with Crippen LogP contribution in [0.1, 0.15) is 53.4 Å². The third kappa shape index (κ3) is 2.39. The van der Waals surface area contributed by atoms with Crippen molar-refractivity contribution in [1.82, 2.24) is 14.8 Å². The monoisotopic (exact) mass is 372 g/mol. The third-order valence-electron chi connectivity index (χ3n) is 6.09. The first-order valence-corrected chi connectivity index (χ1v) is 9.88. The first-order chi connectivity index (χ1) is 13.6. The lowest BCUT2D eigenvalue weighted by molar-refractivity contribution is -0.116. The Labute approximate surface area is 164 Å². The summed E-state index contributed by atoms with van der Waals surface area (Å²) in [6.45, 7) is 6.32. The molecule has 1 aromatic carbocycles. The van der Waals surface area contributed by atoms with Crippen LogP contribution in [0.15, 0.2) is 47.7 Å². The van der Waals surface area contributed by atoms with E-state index in [4.69, 9.17) is 0 Å². The largest absolute Gasteiger partial charge is 0.342 e. The van der Waals surface area contributed by atoms with Crippen LogP contribution in [0.5, 0.6) is 0 Å². The number of H-pyrrole nitrogens is 1. The number of fused-ring (bicyclic) bond motifs is 1. The fourth-order valence-corrected chi connectivity index (χ4v) is 4.87. The predicted molar refractivity (Wildman–Crippen MR) is 110 cm³/mol. The number of carbonyl (C=O) groups is 1. The zero-order chi connectivity index (χ0) is 19.4. The molecule has 5 nitrogen and oxygen atoms in total. The number of ketones is 1. The zero-order valence-electron chi connectivity index (χ0n) is 16.5. The molecule has 1 aliphatic heterocycles. The first kappa shape index (κ1) is 17.0. The number of carbonyl (C=O) groups excluding carboxylic acids is 1. The summed E-state index contributed by atoms with van der Waals surface area (Å²) in [5.74, 6) is 1.05. The van der Waals surface area contributed by atoms with E-state index in [-0.39, 0.29) is 11.7 Å².